The number of aromatic nitrogens is 2. The van der Waals surface area contributed by atoms with Crippen molar-refractivity contribution >= 4 is 40.7 Å². The molecule has 0 atom stereocenters. The van der Waals surface area contributed by atoms with Gasteiger partial charge in [0, 0.05) is 29.7 Å². The van der Waals surface area contributed by atoms with E-state index in [-0.39, 0.29) is 17.5 Å². The van der Waals surface area contributed by atoms with Gasteiger partial charge in [-0.05, 0) is 24.3 Å². The first-order chi connectivity index (χ1) is 13.6. The van der Waals surface area contributed by atoms with Crippen molar-refractivity contribution < 1.29 is 14.1 Å². The van der Waals surface area contributed by atoms with E-state index in [4.69, 9.17) is 4.74 Å². The van der Waals surface area contributed by atoms with E-state index < -0.39 is 10.7 Å². The van der Waals surface area contributed by atoms with Crippen LogP contribution in [0.25, 0.3) is 0 Å². The predicted molar refractivity (Wildman–Crippen MR) is 102 cm³/mol. The third-order valence-electron chi connectivity index (χ3n) is 3.82. The van der Waals surface area contributed by atoms with Crippen molar-refractivity contribution in [2.24, 2.45) is 4.99 Å². The Morgan fingerprint density at radius 3 is 2.86 bits per heavy atom. The zero-order valence-electron chi connectivity index (χ0n) is 14.3. The first-order valence-electron chi connectivity index (χ1n) is 8.19. The molecule has 0 unspecified atom stereocenters. The number of benzene rings is 2. The highest BCUT2D eigenvalue weighted by atomic mass is 19.1. The third kappa shape index (κ3) is 3.70. The van der Waals surface area contributed by atoms with E-state index in [0.717, 1.165) is 6.20 Å². The van der Waals surface area contributed by atoms with Gasteiger partial charge in [-0.2, -0.15) is 4.98 Å². The summed E-state index contributed by atoms with van der Waals surface area (Å²) in [6.45, 7) is 0.424. The summed E-state index contributed by atoms with van der Waals surface area (Å²) >= 11 is 0. The number of anilines is 4. The molecule has 0 aliphatic carbocycles. The number of hydrogen-bond acceptors (Lipinski definition) is 8. The van der Waals surface area contributed by atoms with Crippen LogP contribution in [0.5, 0.6) is 5.75 Å². The fourth-order valence-corrected chi connectivity index (χ4v) is 2.56. The lowest BCUT2D eigenvalue weighted by molar-refractivity contribution is -0.384. The highest BCUT2D eigenvalue weighted by Gasteiger charge is 2.12. The van der Waals surface area contributed by atoms with E-state index in [0.29, 0.717) is 29.4 Å². The molecule has 1 aliphatic rings. The summed E-state index contributed by atoms with van der Waals surface area (Å²) in [5.41, 5.74) is 1.52. The smallest absolute Gasteiger partial charge is 0.271 e. The van der Waals surface area contributed by atoms with E-state index in [9.17, 15) is 14.5 Å². The SMILES string of the molecule is O=[N+]([O-])c1cccc(Nc2nc(Nc3ccc4c(c3)N=CCO4)ncc2F)c1. The molecule has 2 heterocycles. The van der Waals surface area contributed by atoms with Crippen LogP contribution in [0.3, 0.4) is 0 Å². The number of aliphatic imine (C=N–C) groups is 1. The van der Waals surface area contributed by atoms with E-state index in [1.165, 1.54) is 18.2 Å². The maximum Gasteiger partial charge on any atom is 0.271 e. The fraction of sp³-hybridized carbons (Fsp3) is 0.0556. The Morgan fingerprint density at radius 2 is 2.00 bits per heavy atom. The highest BCUT2D eigenvalue weighted by Crippen LogP contribution is 2.33. The second kappa shape index (κ2) is 7.27. The number of non-ortho nitro benzene ring substituents is 1. The molecule has 140 valence electrons. The lowest BCUT2D eigenvalue weighted by Gasteiger charge is -2.13. The Bertz CT molecular complexity index is 1090. The van der Waals surface area contributed by atoms with Crippen molar-refractivity contribution in [2.75, 3.05) is 17.2 Å². The van der Waals surface area contributed by atoms with Crippen LogP contribution in [0.4, 0.5) is 38.9 Å². The van der Waals surface area contributed by atoms with Crippen molar-refractivity contribution in [1.82, 2.24) is 9.97 Å². The van der Waals surface area contributed by atoms with Crippen LogP contribution in [0.15, 0.2) is 53.7 Å². The van der Waals surface area contributed by atoms with Crippen molar-refractivity contribution in [3.8, 4) is 5.75 Å². The number of nitro groups is 1. The van der Waals surface area contributed by atoms with Gasteiger partial charge in [0.05, 0.1) is 11.1 Å². The first kappa shape index (κ1) is 17.3. The maximum absolute atomic E-state index is 14.1. The predicted octanol–water partition coefficient (Wildman–Crippen LogP) is 4.11. The average molecular weight is 380 g/mol. The normalized spacial score (nSPS) is 12.0. The molecule has 0 spiro atoms. The van der Waals surface area contributed by atoms with Gasteiger partial charge < -0.3 is 15.4 Å². The van der Waals surface area contributed by atoms with E-state index >= 15 is 0 Å². The van der Waals surface area contributed by atoms with Crippen LogP contribution in [0.2, 0.25) is 0 Å². The molecule has 0 fully saturated rings. The number of fused-ring (bicyclic) bond motifs is 1. The van der Waals surface area contributed by atoms with Crippen molar-refractivity contribution in [3.05, 3.63) is 64.6 Å². The van der Waals surface area contributed by atoms with Crippen molar-refractivity contribution in [1.29, 1.82) is 0 Å². The molecule has 1 aromatic heterocycles. The van der Waals surface area contributed by atoms with Crippen LogP contribution in [0, 0.1) is 15.9 Å². The molecule has 2 N–H and O–H groups in total. The lowest BCUT2D eigenvalue weighted by atomic mass is 10.2. The van der Waals surface area contributed by atoms with Crippen molar-refractivity contribution in [3.63, 3.8) is 0 Å². The molecule has 0 bridgehead atoms. The van der Waals surface area contributed by atoms with Crippen LogP contribution in [-0.2, 0) is 0 Å². The Kier molecular flexibility index (Phi) is 4.50. The second-order valence-corrected chi connectivity index (χ2v) is 5.75. The maximum atomic E-state index is 14.1. The Hall–Kier alpha value is -4.08. The van der Waals surface area contributed by atoms with Crippen LogP contribution >= 0.6 is 0 Å². The standard InChI is InChI=1S/C18H13FN6O3/c19-14-10-21-18(23-12-4-5-16-15(9-12)20-6-7-28-16)24-17(14)22-11-2-1-3-13(8-11)25(26)27/h1-6,8-10H,7H2,(H2,21,22,23,24). The number of halogens is 1. The minimum absolute atomic E-state index is 0.114. The van der Waals surface area contributed by atoms with Crippen LogP contribution < -0.4 is 15.4 Å². The molecule has 1 aliphatic heterocycles. The number of nitrogens with one attached hydrogen (secondary N) is 2. The number of nitrogens with zero attached hydrogens (tertiary/aromatic N) is 4. The molecule has 10 heteroatoms. The van der Waals surface area contributed by atoms with Gasteiger partial charge >= 0.3 is 0 Å². The molecule has 9 nitrogen and oxygen atoms in total. The average Bonchev–Trinajstić information content (AvgIpc) is 2.70. The van der Waals surface area contributed by atoms with Crippen LogP contribution in [0.1, 0.15) is 0 Å². The molecule has 0 saturated heterocycles. The fourth-order valence-electron chi connectivity index (χ4n) is 2.56. The molecule has 4 rings (SSSR count). The number of hydrogen-bond donors (Lipinski definition) is 2. The summed E-state index contributed by atoms with van der Waals surface area (Å²) in [5.74, 6) is 0.00824. The van der Waals surface area contributed by atoms with Crippen molar-refractivity contribution in [2.45, 2.75) is 0 Å². The minimum atomic E-state index is -0.694. The Morgan fingerprint density at radius 1 is 1.14 bits per heavy atom. The van der Waals surface area contributed by atoms with Gasteiger partial charge in [-0.3, -0.25) is 15.1 Å². The molecule has 0 amide bonds. The molecule has 2 aromatic carbocycles. The highest BCUT2D eigenvalue weighted by molar-refractivity contribution is 5.74. The molecule has 28 heavy (non-hydrogen) atoms. The van der Waals surface area contributed by atoms with Crippen LogP contribution in [-0.4, -0.2) is 27.7 Å². The van der Waals surface area contributed by atoms with Gasteiger partial charge in [-0.25, -0.2) is 9.37 Å². The largest absolute Gasteiger partial charge is 0.486 e. The summed E-state index contributed by atoms with van der Waals surface area (Å²) in [4.78, 5) is 22.6. The molecular weight excluding hydrogens is 367 g/mol. The Labute approximate surface area is 158 Å². The van der Waals surface area contributed by atoms with E-state index in [1.807, 2.05) is 0 Å². The van der Waals surface area contributed by atoms with E-state index in [1.54, 1.807) is 30.5 Å². The number of nitro benzene ring substituents is 1. The summed E-state index contributed by atoms with van der Waals surface area (Å²) in [7, 11) is 0. The number of rotatable bonds is 5. The molecule has 0 saturated carbocycles. The molecule has 0 radical (unpaired) electrons. The lowest BCUT2D eigenvalue weighted by Crippen LogP contribution is -2.05. The molecular formula is C18H13FN6O3. The van der Waals surface area contributed by atoms with Gasteiger partial charge in [-0.15, -0.1) is 0 Å². The quantitative estimate of drug-likeness (QED) is 0.506. The van der Waals surface area contributed by atoms with Gasteiger partial charge in [0.1, 0.15) is 18.0 Å². The summed E-state index contributed by atoms with van der Waals surface area (Å²) in [6, 6.07) is 11.0. The third-order valence-corrected chi connectivity index (χ3v) is 3.82. The van der Waals surface area contributed by atoms with Gasteiger partial charge in [-0.1, -0.05) is 6.07 Å². The van der Waals surface area contributed by atoms with Gasteiger partial charge in [0.15, 0.2) is 11.6 Å². The minimum Gasteiger partial charge on any atom is -0.486 e. The van der Waals surface area contributed by atoms with Gasteiger partial charge in [0.25, 0.3) is 5.69 Å². The first-order valence-corrected chi connectivity index (χ1v) is 8.19. The van der Waals surface area contributed by atoms with E-state index in [2.05, 4.69) is 25.6 Å². The zero-order valence-corrected chi connectivity index (χ0v) is 14.3. The number of ether oxygens (including phenoxy) is 1. The van der Waals surface area contributed by atoms with Gasteiger partial charge in [0.2, 0.25) is 5.95 Å². The zero-order chi connectivity index (χ0) is 19.5. The topological polar surface area (TPSA) is 115 Å². The Balaban J connectivity index is 1.57. The summed E-state index contributed by atoms with van der Waals surface area (Å²) in [6.07, 6.45) is 2.66. The molecule has 3 aromatic rings. The summed E-state index contributed by atoms with van der Waals surface area (Å²) < 4.78 is 19.5. The monoisotopic (exact) mass is 380 g/mol. The second-order valence-electron chi connectivity index (χ2n) is 5.75. The summed E-state index contributed by atoms with van der Waals surface area (Å²) in [5, 5.41) is 16.6.